The van der Waals surface area contributed by atoms with Gasteiger partial charge in [-0.15, -0.1) is 0 Å². The molecular weight excluding hydrogens is 262 g/mol. The van der Waals surface area contributed by atoms with Crippen LogP contribution in [0.1, 0.15) is 10.4 Å². The molecule has 0 aliphatic heterocycles. The summed E-state index contributed by atoms with van der Waals surface area (Å²) in [5.74, 6) is -0.941. The van der Waals surface area contributed by atoms with E-state index in [-0.39, 0.29) is 5.56 Å². The normalized spacial score (nSPS) is 10.8. The van der Waals surface area contributed by atoms with E-state index in [0.717, 1.165) is 16.5 Å². The lowest BCUT2D eigenvalue weighted by atomic mass is 10.0. The Bertz CT molecular complexity index is 759. The number of hydrogen-bond acceptors (Lipinski definition) is 1. The van der Waals surface area contributed by atoms with Gasteiger partial charge < -0.3 is 10.1 Å². The summed E-state index contributed by atoms with van der Waals surface area (Å²) in [6.45, 7) is 0. The summed E-state index contributed by atoms with van der Waals surface area (Å²) in [4.78, 5) is 14.3. The van der Waals surface area contributed by atoms with E-state index >= 15 is 0 Å². The third-order valence-corrected chi connectivity index (χ3v) is 3.32. The molecule has 0 atom stereocenters. The average Bonchev–Trinajstić information content (AvgIpc) is 2.86. The van der Waals surface area contributed by atoms with Gasteiger partial charge in [0.2, 0.25) is 0 Å². The molecule has 0 unspecified atom stereocenters. The van der Waals surface area contributed by atoms with Crippen LogP contribution in [-0.2, 0) is 0 Å². The van der Waals surface area contributed by atoms with Crippen molar-refractivity contribution in [3.05, 3.63) is 59.2 Å². The summed E-state index contributed by atoms with van der Waals surface area (Å²) in [6.07, 6.45) is 1.74. The summed E-state index contributed by atoms with van der Waals surface area (Å²) in [6, 6.07) is 12.8. The zero-order chi connectivity index (χ0) is 13.4. The van der Waals surface area contributed by atoms with E-state index in [2.05, 4.69) is 4.98 Å². The molecule has 0 amide bonds. The minimum absolute atomic E-state index is 0.271. The predicted molar refractivity (Wildman–Crippen MR) is 75.7 cm³/mol. The smallest absolute Gasteiger partial charge is 0.337 e. The van der Waals surface area contributed by atoms with Crippen LogP contribution in [-0.4, -0.2) is 16.1 Å². The highest BCUT2D eigenvalue weighted by Gasteiger charge is 2.12. The molecule has 1 heterocycles. The van der Waals surface area contributed by atoms with Gasteiger partial charge in [0.1, 0.15) is 0 Å². The number of halogens is 1. The molecule has 0 radical (unpaired) electrons. The van der Waals surface area contributed by atoms with Crippen LogP contribution in [0.4, 0.5) is 0 Å². The zero-order valence-corrected chi connectivity index (χ0v) is 10.6. The quantitative estimate of drug-likeness (QED) is 0.734. The Labute approximate surface area is 114 Å². The van der Waals surface area contributed by atoms with Gasteiger partial charge in [-0.25, -0.2) is 4.79 Å². The lowest BCUT2D eigenvalue weighted by molar-refractivity contribution is 0.0699. The first kappa shape index (κ1) is 11.8. The molecule has 94 valence electrons. The Morgan fingerprint density at radius 2 is 1.79 bits per heavy atom. The highest BCUT2D eigenvalue weighted by Crippen LogP contribution is 2.28. The van der Waals surface area contributed by atoms with E-state index in [4.69, 9.17) is 11.6 Å². The van der Waals surface area contributed by atoms with Gasteiger partial charge in [0.25, 0.3) is 0 Å². The maximum absolute atomic E-state index is 11.3. The molecule has 0 spiro atoms. The monoisotopic (exact) mass is 271 g/mol. The second-order valence-corrected chi connectivity index (χ2v) is 4.71. The minimum atomic E-state index is -0.941. The molecule has 0 bridgehead atoms. The summed E-state index contributed by atoms with van der Waals surface area (Å²) in [5, 5.41) is 10.8. The first-order chi connectivity index (χ1) is 9.15. The van der Waals surface area contributed by atoms with Crippen molar-refractivity contribution in [2.24, 2.45) is 0 Å². The molecule has 2 N–H and O–H groups in total. The molecule has 3 rings (SSSR count). The van der Waals surface area contributed by atoms with Gasteiger partial charge in [-0.2, -0.15) is 0 Å². The largest absolute Gasteiger partial charge is 0.478 e. The predicted octanol–water partition coefficient (Wildman–Crippen LogP) is 4.19. The topological polar surface area (TPSA) is 53.1 Å². The first-order valence-electron chi connectivity index (χ1n) is 5.75. The zero-order valence-electron chi connectivity index (χ0n) is 9.85. The molecule has 2 aromatic carbocycles. The molecule has 19 heavy (non-hydrogen) atoms. The number of rotatable bonds is 2. The van der Waals surface area contributed by atoms with E-state index in [1.54, 1.807) is 24.4 Å². The van der Waals surface area contributed by atoms with Crippen LogP contribution in [0.5, 0.6) is 0 Å². The van der Waals surface area contributed by atoms with Gasteiger partial charge in [0.15, 0.2) is 0 Å². The van der Waals surface area contributed by atoms with Crippen LogP contribution in [0.15, 0.2) is 48.7 Å². The molecule has 0 saturated heterocycles. The van der Waals surface area contributed by atoms with Crippen molar-refractivity contribution >= 4 is 28.5 Å². The molecule has 0 saturated carbocycles. The Kier molecular flexibility index (Phi) is 2.76. The van der Waals surface area contributed by atoms with Crippen molar-refractivity contribution in [1.29, 1.82) is 0 Å². The molecule has 0 aliphatic rings. The van der Waals surface area contributed by atoms with Crippen molar-refractivity contribution in [3.63, 3.8) is 0 Å². The van der Waals surface area contributed by atoms with Crippen LogP contribution in [0, 0.1) is 0 Å². The van der Waals surface area contributed by atoms with E-state index in [1.165, 1.54) is 0 Å². The summed E-state index contributed by atoms with van der Waals surface area (Å²) >= 11 is 5.86. The Balaban J connectivity index is 2.24. The van der Waals surface area contributed by atoms with Crippen LogP contribution in [0.2, 0.25) is 5.02 Å². The van der Waals surface area contributed by atoms with E-state index in [1.807, 2.05) is 24.3 Å². The lowest BCUT2D eigenvalue weighted by Gasteiger charge is -2.05. The van der Waals surface area contributed by atoms with Crippen LogP contribution < -0.4 is 0 Å². The fraction of sp³-hybridized carbons (Fsp3) is 0. The van der Waals surface area contributed by atoms with Gasteiger partial charge in [0.05, 0.1) is 11.1 Å². The minimum Gasteiger partial charge on any atom is -0.478 e. The van der Waals surface area contributed by atoms with E-state index in [9.17, 15) is 9.90 Å². The average molecular weight is 272 g/mol. The number of aromatic nitrogens is 1. The van der Waals surface area contributed by atoms with E-state index < -0.39 is 5.97 Å². The second-order valence-electron chi connectivity index (χ2n) is 4.28. The number of H-pyrrole nitrogens is 1. The summed E-state index contributed by atoms with van der Waals surface area (Å²) in [5.41, 5.74) is 2.72. The van der Waals surface area contributed by atoms with Crippen molar-refractivity contribution in [2.75, 3.05) is 0 Å². The third-order valence-electron chi connectivity index (χ3n) is 3.07. The van der Waals surface area contributed by atoms with Gasteiger partial charge in [0, 0.05) is 16.6 Å². The number of aromatic amines is 1. The lowest BCUT2D eigenvalue weighted by Crippen LogP contribution is -1.98. The number of carboxylic acid groups (broad SMARTS) is 1. The maximum Gasteiger partial charge on any atom is 0.337 e. The maximum atomic E-state index is 11.3. The van der Waals surface area contributed by atoms with Crippen LogP contribution in [0.25, 0.3) is 22.0 Å². The number of fused-ring (bicyclic) bond motifs is 1. The number of benzene rings is 2. The van der Waals surface area contributed by atoms with Crippen molar-refractivity contribution in [2.45, 2.75) is 0 Å². The molecule has 4 heteroatoms. The molecule has 3 aromatic rings. The van der Waals surface area contributed by atoms with Gasteiger partial charge in [-0.05, 0) is 41.5 Å². The number of hydrogen-bond donors (Lipinski definition) is 2. The van der Waals surface area contributed by atoms with Crippen molar-refractivity contribution in [3.8, 4) is 11.1 Å². The van der Waals surface area contributed by atoms with Crippen LogP contribution >= 0.6 is 11.6 Å². The fourth-order valence-corrected chi connectivity index (χ4v) is 2.28. The number of aromatic carboxylic acids is 1. The first-order valence-corrected chi connectivity index (χ1v) is 6.13. The van der Waals surface area contributed by atoms with Crippen molar-refractivity contribution in [1.82, 2.24) is 4.98 Å². The molecule has 0 fully saturated rings. The Morgan fingerprint density at radius 1 is 1.05 bits per heavy atom. The van der Waals surface area contributed by atoms with Crippen molar-refractivity contribution < 1.29 is 9.90 Å². The Hall–Kier alpha value is -2.26. The SMILES string of the molecule is O=C(O)c1cc(-c2ccc(Cl)cc2)cc2cc[nH]c12. The third kappa shape index (κ3) is 2.09. The van der Waals surface area contributed by atoms with Gasteiger partial charge >= 0.3 is 5.97 Å². The summed E-state index contributed by atoms with van der Waals surface area (Å²) < 4.78 is 0. The fourth-order valence-electron chi connectivity index (χ4n) is 2.15. The molecule has 1 aromatic heterocycles. The number of nitrogens with one attached hydrogen (secondary N) is 1. The highest BCUT2D eigenvalue weighted by molar-refractivity contribution is 6.30. The highest BCUT2D eigenvalue weighted by atomic mass is 35.5. The molecule has 0 aliphatic carbocycles. The standard InChI is InChI=1S/C15H10ClNO2/c16-12-3-1-9(2-4-12)11-7-10-5-6-17-14(10)13(8-11)15(18)19/h1-8,17H,(H,18,19). The van der Waals surface area contributed by atoms with Gasteiger partial charge in [-0.1, -0.05) is 23.7 Å². The Morgan fingerprint density at radius 3 is 2.47 bits per heavy atom. The summed E-state index contributed by atoms with van der Waals surface area (Å²) in [7, 11) is 0. The number of carboxylic acids is 1. The molecular formula is C15H10ClNO2. The second kappa shape index (κ2) is 4.44. The van der Waals surface area contributed by atoms with Gasteiger partial charge in [-0.3, -0.25) is 0 Å². The number of carbonyl (C=O) groups is 1. The van der Waals surface area contributed by atoms with Crippen LogP contribution in [0.3, 0.4) is 0 Å². The van der Waals surface area contributed by atoms with E-state index in [0.29, 0.717) is 10.5 Å². The molecule has 3 nitrogen and oxygen atoms in total.